The van der Waals surface area contributed by atoms with Crippen molar-refractivity contribution in [2.24, 2.45) is 0 Å². The molecule has 0 bridgehead atoms. The summed E-state index contributed by atoms with van der Waals surface area (Å²) in [6, 6.07) is 15.9. The van der Waals surface area contributed by atoms with E-state index in [1.165, 1.54) is 0 Å². The number of rotatable bonds is 4. The zero-order chi connectivity index (χ0) is 21.1. The molecule has 2 heterocycles. The van der Waals surface area contributed by atoms with Crippen LogP contribution >= 0.6 is 11.6 Å². The van der Waals surface area contributed by atoms with Crippen molar-refractivity contribution < 1.29 is 9.53 Å². The first kappa shape index (κ1) is 20.8. The predicted molar refractivity (Wildman–Crippen MR) is 122 cm³/mol. The summed E-state index contributed by atoms with van der Waals surface area (Å²) in [6.07, 6.45) is 1.90. The second-order valence-corrected chi connectivity index (χ2v) is 8.51. The number of hydrogen-bond donors (Lipinski definition) is 0. The van der Waals surface area contributed by atoms with Crippen molar-refractivity contribution in [1.29, 1.82) is 0 Å². The molecule has 0 spiro atoms. The summed E-state index contributed by atoms with van der Waals surface area (Å²) >= 11 is 6.00. The third kappa shape index (κ3) is 4.63. The number of hydrogen-bond acceptors (Lipinski definition) is 4. The molecule has 2 aliphatic rings. The maximum atomic E-state index is 13.2. The SMILES string of the molecule is CC1COC(=Cc2ccccc2N2CCN(C)CC2)C(=O)N1Cc1ccc(Cl)cc1. The van der Waals surface area contributed by atoms with Crippen LogP contribution in [-0.2, 0) is 16.1 Å². The number of nitrogens with zero attached hydrogens (tertiary/aromatic N) is 3. The van der Waals surface area contributed by atoms with Gasteiger partial charge in [0.1, 0.15) is 6.61 Å². The normalized spacial score (nSPS) is 21.8. The highest BCUT2D eigenvalue weighted by Crippen LogP contribution is 2.27. The number of carbonyl (C=O) groups is 1. The van der Waals surface area contributed by atoms with Crippen molar-refractivity contribution in [1.82, 2.24) is 9.80 Å². The summed E-state index contributed by atoms with van der Waals surface area (Å²) in [5.74, 6) is 0.334. The van der Waals surface area contributed by atoms with E-state index in [1.807, 2.05) is 54.3 Å². The molecule has 158 valence electrons. The molecular formula is C24H28ClN3O2. The minimum absolute atomic E-state index is 0.0122. The molecular weight excluding hydrogens is 398 g/mol. The van der Waals surface area contributed by atoms with E-state index in [0.717, 1.165) is 43.0 Å². The Kier molecular flexibility index (Phi) is 6.30. The molecule has 1 unspecified atom stereocenters. The van der Waals surface area contributed by atoms with E-state index in [-0.39, 0.29) is 11.9 Å². The standard InChI is InChI=1S/C24H28ClN3O2/c1-18-17-30-23(24(29)28(18)16-19-7-9-21(25)10-8-19)15-20-5-3-4-6-22(20)27-13-11-26(2)12-14-27/h3-10,15,18H,11-14,16-17H2,1-2H3. The molecule has 2 aromatic rings. The van der Waals surface area contributed by atoms with Crippen LogP contribution in [0.25, 0.3) is 6.08 Å². The van der Waals surface area contributed by atoms with Gasteiger partial charge >= 0.3 is 0 Å². The van der Waals surface area contributed by atoms with E-state index in [2.05, 4.69) is 29.0 Å². The van der Waals surface area contributed by atoms with Crippen molar-refractivity contribution >= 4 is 29.3 Å². The van der Waals surface area contributed by atoms with E-state index in [4.69, 9.17) is 16.3 Å². The van der Waals surface area contributed by atoms with Crippen LogP contribution in [0.5, 0.6) is 0 Å². The highest BCUT2D eigenvalue weighted by Gasteiger charge is 2.30. The van der Waals surface area contributed by atoms with Gasteiger partial charge in [0, 0.05) is 49.0 Å². The number of carbonyl (C=O) groups excluding carboxylic acids is 1. The molecule has 1 atom stereocenters. The second-order valence-electron chi connectivity index (χ2n) is 8.08. The largest absolute Gasteiger partial charge is 0.486 e. The van der Waals surface area contributed by atoms with E-state index >= 15 is 0 Å². The molecule has 2 aliphatic heterocycles. The van der Waals surface area contributed by atoms with Crippen molar-refractivity contribution in [3.63, 3.8) is 0 Å². The van der Waals surface area contributed by atoms with E-state index < -0.39 is 0 Å². The molecule has 0 radical (unpaired) electrons. The Bertz CT molecular complexity index is 920. The fraction of sp³-hybridized carbons (Fsp3) is 0.375. The van der Waals surface area contributed by atoms with Crippen LogP contribution in [0.1, 0.15) is 18.1 Å². The zero-order valence-corrected chi connectivity index (χ0v) is 18.3. The van der Waals surface area contributed by atoms with Gasteiger partial charge in [-0.15, -0.1) is 0 Å². The zero-order valence-electron chi connectivity index (χ0n) is 17.6. The van der Waals surface area contributed by atoms with Gasteiger partial charge in [-0.1, -0.05) is 41.9 Å². The minimum Gasteiger partial charge on any atom is -0.486 e. The van der Waals surface area contributed by atoms with Gasteiger partial charge < -0.3 is 19.4 Å². The quantitative estimate of drug-likeness (QED) is 0.696. The number of morpholine rings is 1. The fourth-order valence-electron chi connectivity index (χ4n) is 3.91. The molecule has 4 rings (SSSR count). The maximum absolute atomic E-state index is 13.2. The average Bonchev–Trinajstić information content (AvgIpc) is 2.75. The number of amides is 1. The Balaban J connectivity index is 1.56. The Morgan fingerprint density at radius 3 is 2.50 bits per heavy atom. The molecule has 0 aliphatic carbocycles. The Hall–Kier alpha value is -2.50. The molecule has 0 N–H and O–H groups in total. The summed E-state index contributed by atoms with van der Waals surface area (Å²) in [6.45, 7) is 7.07. The Labute approximate surface area is 183 Å². The van der Waals surface area contributed by atoms with Crippen LogP contribution in [-0.4, -0.2) is 61.6 Å². The van der Waals surface area contributed by atoms with Gasteiger partial charge in [-0.25, -0.2) is 0 Å². The third-order valence-electron chi connectivity index (χ3n) is 5.82. The molecule has 0 aromatic heterocycles. The summed E-state index contributed by atoms with van der Waals surface area (Å²) < 4.78 is 5.87. The fourth-order valence-corrected chi connectivity index (χ4v) is 4.03. The summed E-state index contributed by atoms with van der Waals surface area (Å²) in [5.41, 5.74) is 3.22. The van der Waals surface area contributed by atoms with Gasteiger partial charge in [-0.05, 0) is 43.8 Å². The molecule has 2 fully saturated rings. The number of benzene rings is 2. The van der Waals surface area contributed by atoms with Crippen molar-refractivity contribution in [3.05, 3.63) is 70.4 Å². The van der Waals surface area contributed by atoms with Gasteiger partial charge in [0.2, 0.25) is 0 Å². The van der Waals surface area contributed by atoms with Gasteiger partial charge in [0.05, 0.1) is 6.04 Å². The minimum atomic E-state index is -0.0723. The lowest BCUT2D eigenvalue weighted by Gasteiger charge is -2.36. The van der Waals surface area contributed by atoms with Crippen molar-refractivity contribution in [2.45, 2.75) is 19.5 Å². The van der Waals surface area contributed by atoms with Crippen LogP contribution in [0.3, 0.4) is 0 Å². The summed E-state index contributed by atoms with van der Waals surface area (Å²) in [5, 5.41) is 0.696. The number of ether oxygens (including phenoxy) is 1. The van der Waals surface area contributed by atoms with Crippen LogP contribution < -0.4 is 4.90 Å². The maximum Gasteiger partial charge on any atom is 0.289 e. The van der Waals surface area contributed by atoms with E-state index in [9.17, 15) is 4.79 Å². The first-order valence-corrected chi connectivity index (χ1v) is 10.8. The highest BCUT2D eigenvalue weighted by atomic mass is 35.5. The van der Waals surface area contributed by atoms with Gasteiger partial charge in [-0.3, -0.25) is 4.79 Å². The average molecular weight is 426 g/mol. The second kappa shape index (κ2) is 9.11. The number of likely N-dealkylation sites (N-methyl/N-ethyl adjacent to an activating group) is 1. The number of piperazine rings is 1. The van der Waals surface area contributed by atoms with Crippen LogP contribution in [0.4, 0.5) is 5.69 Å². The summed E-state index contributed by atoms with van der Waals surface area (Å²) in [4.78, 5) is 19.8. The first-order valence-electron chi connectivity index (χ1n) is 10.4. The van der Waals surface area contributed by atoms with Crippen LogP contribution in [0.2, 0.25) is 5.02 Å². The lowest BCUT2D eigenvalue weighted by molar-refractivity contribution is -0.139. The van der Waals surface area contributed by atoms with Crippen molar-refractivity contribution in [2.75, 3.05) is 44.7 Å². The van der Waals surface area contributed by atoms with Crippen LogP contribution in [0, 0.1) is 0 Å². The van der Waals surface area contributed by atoms with E-state index in [0.29, 0.717) is 23.9 Å². The lowest BCUT2D eigenvalue weighted by Crippen LogP contribution is -2.46. The monoisotopic (exact) mass is 425 g/mol. The molecule has 0 saturated carbocycles. The topological polar surface area (TPSA) is 36.0 Å². The molecule has 2 saturated heterocycles. The molecule has 1 amide bonds. The molecule has 2 aromatic carbocycles. The number of halogens is 1. The number of anilines is 1. The van der Waals surface area contributed by atoms with Crippen LogP contribution in [0.15, 0.2) is 54.3 Å². The van der Waals surface area contributed by atoms with Gasteiger partial charge in [0.15, 0.2) is 5.76 Å². The Morgan fingerprint density at radius 1 is 1.07 bits per heavy atom. The smallest absolute Gasteiger partial charge is 0.289 e. The summed E-state index contributed by atoms with van der Waals surface area (Å²) in [7, 11) is 2.15. The highest BCUT2D eigenvalue weighted by molar-refractivity contribution is 6.30. The molecule has 5 nitrogen and oxygen atoms in total. The van der Waals surface area contributed by atoms with E-state index in [1.54, 1.807) is 0 Å². The van der Waals surface area contributed by atoms with Crippen molar-refractivity contribution in [3.8, 4) is 0 Å². The third-order valence-corrected chi connectivity index (χ3v) is 6.07. The lowest BCUT2D eigenvalue weighted by atomic mass is 10.1. The van der Waals surface area contributed by atoms with Gasteiger partial charge in [0.25, 0.3) is 5.91 Å². The Morgan fingerprint density at radius 2 is 1.77 bits per heavy atom. The molecule has 6 heteroatoms. The predicted octanol–water partition coefficient (Wildman–Crippen LogP) is 3.88. The number of para-hydroxylation sites is 1. The van der Waals surface area contributed by atoms with Gasteiger partial charge in [-0.2, -0.15) is 0 Å². The molecule has 30 heavy (non-hydrogen) atoms. The first-order chi connectivity index (χ1) is 14.5.